The van der Waals surface area contributed by atoms with Crippen LogP contribution in [0.5, 0.6) is 0 Å². The summed E-state index contributed by atoms with van der Waals surface area (Å²) in [6, 6.07) is 16.8. The van der Waals surface area contributed by atoms with Gasteiger partial charge < -0.3 is 4.90 Å². The molecule has 0 N–H and O–H groups in total. The molecule has 0 unspecified atom stereocenters. The van der Waals surface area contributed by atoms with Crippen molar-refractivity contribution < 1.29 is 10.0 Å². The van der Waals surface area contributed by atoms with Crippen LogP contribution in [0.2, 0.25) is 0 Å². The largest absolute Gasteiger partial charge is 0.339 e. The van der Waals surface area contributed by atoms with Crippen molar-refractivity contribution in [1.82, 2.24) is 9.96 Å². The summed E-state index contributed by atoms with van der Waals surface area (Å²) in [6.07, 6.45) is 9.01. The number of rotatable bonds is 9. The van der Waals surface area contributed by atoms with Gasteiger partial charge in [-0.1, -0.05) is 69.0 Å². The Hall–Kier alpha value is -2.17. The Morgan fingerprint density at radius 3 is 1.88 bits per heavy atom. The molecule has 4 nitrogen and oxygen atoms in total. The normalized spacial score (nSPS) is 18.1. The van der Waals surface area contributed by atoms with Crippen molar-refractivity contribution in [1.29, 1.82) is 0 Å². The summed E-state index contributed by atoms with van der Waals surface area (Å²) in [7, 11) is 1.87. The molecular weight excluding hydrogens is 420 g/mol. The van der Waals surface area contributed by atoms with Gasteiger partial charge in [-0.2, -0.15) is 0 Å². The monoisotopic (exact) mass is 463 g/mol. The van der Waals surface area contributed by atoms with Crippen LogP contribution in [0.1, 0.15) is 95.5 Å². The smallest absolute Gasteiger partial charge is 0.253 e. The first-order chi connectivity index (χ1) is 16.0. The number of amides is 1. The molecule has 0 atom stereocenters. The van der Waals surface area contributed by atoms with Crippen molar-refractivity contribution in [3.63, 3.8) is 0 Å². The van der Waals surface area contributed by atoms with Gasteiger partial charge in [-0.25, -0.2) is 0 Å². The summed E-state index contributed by atoms with van der Waals surface area (Å²) in [5.74, 6) is 0.0147. The highest BCUT2D eigenvalue weighted by Gasteiger charge is 2.47. The summed E-state index contributed by atoms with van der Waals surface area (Å²) in [5.41, 5.74) is 3.39. The summed E-state index contributed by atoms with van der Waals surface area (Å²) in [4.78, 5) is 15.1. The topological polar surface area (TPSA) is 43.5 Å². The molecule has 2 aromatic carbocycles. The molecule has 1 aliphatic rings. The molecule has 0 bridgehead atoms. The van der Waals surface area contributed by atoms with E-state index in [0.717, 1.165) is 12.0 Å². The van der Waals surface area contributed by atoms with Gasteiger partial charge in [-0.15, -0.1) is 10.3 Å². The number of hydrogen-bond donors (Lipinski definition) is 0. The van der Waals surface area contributed by atoms with Crippen LogP contribution >= 0.6 is 0 Å². The van der Waals surface area contributed by atoms with Crippen molar-refractivity contribution in [3.05, 3.63) is 59.7 Å². The third kappa shape index (κ3) is 6.28. The van der Waals surface area contributed by atoms with Crippen LogP contribution < -0.4 is 0 Å². The second-order valence-corrected chi connectivity index (χ2v) is 11.3. The van der Waals surface area contributed by atoms with Crippen LogP contribution in [0.25, 0.3) is 11.1 Å². The van der Waals surface area contributed by atoms with Gasteiger partial charge in [0.25, 0.3) is 5.91 Å². The minimum absolute atomic E-state index is 0.0147. The fraction of sp³-hybridized carbons (Fsp3) is 0.567. The fourth-order valence-corrected chi connectivity index (χ4v) is 5.46. The van der Waals surface area contributed by atoms with E-state index in [4.69, 9.17) is 0 Å². The van der Waals surface area contributed by atoms with Crippen LogP contribution in [0.15, 0.2) is 48.5 Å². The van der Waals surface area contributed by atoms with E-state index in [1.54, 1.807) is 0 Å². The summed E-state index contributed by atoms with van der Waals surface area (Å²) < 4.78 is 0. The lowest BCUT2D eigenvalue weighted by Crippen LogP contribution is -2.62. The minimum atomic E-state index is -0.494. The highest BCUT2D eigenvalue weighted by molar-refractivity contribution is 5.94. The summed E-state index contributed by atoms with van der Waals surface area (Å²) in [6.45, 7) is 10.1. The third-order valence-electron chi connectivity index (χ3n) is 7.43. The first-order valence-corrected chi connectivity index (χ1v) is 13.0. The fourth-order valence-electron chi connectivity index (χ4n) is 5.46. The van der Waals surface area contributed by atoms with E-state index in [2.05, 4.69) is 31.2 Å². The summed E-state index contributed by atoms with van der Waals surface area (Å²) >= 11 is 0. The van der Waals surface area contributed by atoms with E-state index >= 15 is 0 Å². The van der Waals surface area contributed by atoms with E-state index in [1.807, 2.05) is 63.9 Å². The predicted molar refractivity (Wildman–Crippen MR) is 140 cm³/mol. The molecule has 1 saturated heterocycles. The van der Waals surface area contributed by atoms with Gasteiger partial charge in [-0.05, 0) is 82.2 Å². The first kappa shape index (κ1) is 26.4. The third-order valence-corrected chi connectivity index (χ3v) is 7.43. The number of aryl methyl sites for hydroxylation is 1. The van der Waals surface area contributed by atoms with Crippen molar-refractivity contribution in [2.24, 2.45) is 0 Å². The zero-order chi connectivity index (χ0) is 24.9. The zero-order valence-electron chi connectivity index (χ0n) is 22.1. The molecule has 1 heterocycles. The van der Waals surface area contributed by atoms with Gasteiger partial charge in [0.2, 0.25) is 0 Å². The average Bonchev–Trinajstić information content (AvgIpc) is 2.81. The SMILES string of the molecule is CCCCCCCc1ccc(-c2ccc(C(=O)N(C)C3CC(C)(C)N([O])C(C)(C)C3)cc2)cc1. The number of carbonyl (C=O) groups is 1. The number of hydrogen-bond acceptors (Lipinski definition) is 2. The lowest BCUT2D eigenvalue weighted by molar-refractivity contribution is -0.293. The van der Waals surface area contributed by atoms with Crippen LogP contribution in [-0.4, -0.2) is 40.0 Å². The van der Waals surface area contributed by atoms with Gasteiger partial charge >= 0.3 is 0 Å². The first-order valence-electron chi connectivity index (χ1n) is 13.0. The zero-order valence-corrected chi connectivity index (χ0v) is 22.1. The molecule has 4 heteroatoms. The highest BCUT2D eigenvalue weighted by Crippen LogP contribution is 2.39. The number of piperidine rings is 1. The van der Waals surface area contributed by atoms with E-state index in [0.29, 0.717) is 18.4 Å². The molecule has 0 aliphatic carbocycles. The van der Waals surface area contributed by atoms with Crippen LogP contribution in [0.3, 0.4) is 0 Å². The molecule has 0 saturated carbocycles. The van der Waals surface area contributed by atoms with Crippen molar-refractivity contribution in [3.8, 4) is 11.1 Å². The Morgan fingerprint density at radius 1 is 0.853 bits per heavy atom. The molecule has 3 rings (SSSR count). The molecule has 34 heavy (non-hydrogen) atoms. The number of nitrogens with zero attached hydrogens (tertiary/aromatic N) is 2. The second kappa shape index (κ2) is 11.0. The van der Waals surface area contributed by atoms with E-state index < -0.39 is 11.1 Å². The number of benzene rings is 2. The van der Waals surface area contributed by atoms with Gasteiger partial charge in [0.1, 0.15) is 0 Å². The maximum Gasteiger partial charge on any atom is 0.253 e. The molecule has 1 radical (unpaired) electrons. The van der Waals surface area contributed by atoms with E-state index in [-0.39, 0.29) is 11.9 Å². The Labute approximate surface area is 206 Å². The highest BCUT2D eigenvalue weighted by atomic mass is 16.5. The molecule has 2 aromatic rings. The molecule has 0 spiro atoms. The maximum atomic E-state index is 13.2. The quantitative estimate of drug-likeness (QED) is 0.366. The Kier molecular flexibility index (Phi) is 8.59. The predicted octanol–water partition coefficient (Wildman–Crippen LogP) is 7.31. The van der Waals surface area contributed by atoms with E-state index in [9.17, 15) is 10.0 Å². The van der Waals surface area contributed by atoms with Crippen LogP contribution in [0.4, 0.5) is 0 Å². The van der Waals surface area contributed by atoms with Crippen molar-refractivity contribution in [2.45, 2.75) is 103 Å². The lowest BCUT2D eigenvalue weighted by Gasteiger charge is -2.51. The van der Waals surface area contributed by atoms with Gasteiger partial charge in [0.05, 0.1) is 0 Å². The molecule has 185 valence electrons. The maximum absolute atomic E-state index is 13.2. The van der Waals surface area contributed by atoms with Gasteiger partial charge in [0.15, 0.2) is 0 Å². The van der Waals surface area contributed by atoms with Gasteiger partial charge in [0, 0.05) is 29.7 Å². The molecule has 1 aliphatic heterocycles. The van der Waals surface area contributed by atoms with Gasteiger partial charge in [-0.3, -0.25) is 4.79 Å². The number of hydroxylamine groups is 2. The minimum Gasteiger partial charge on any atom is -0.339 e. The molecular formula is C30H43N2O2. The standard InChI is InChI=1S/C30H43N2O2/c1-7-8-9-10-11-12-23-13-15-24(16-14-23)25-17-19-26(20-18-25)28(33)31(6)27-21-29(2,3)32(34)30(4,5)22-27/h13-20,27H,7-12,21-22H2,1-6H3. The Bertz CT molecular complexity index is 913. The Morgan fingerprint density at radius 2 is 1.35 bits per heavy atom. The number of carbonyl (C=O) groups excluding carboxylic acids is 1. The van der Waals surface area contributed by atoms with Crippen LogP contribution in [0, 0.1) is 0 Å². The molecule has 0 aromatic heterocycles. The van der Waals surface area contributed by atoms with Crippen LogP contribution in [-0.2, 0) is 11.6 Å². The van der Waals surface area contributed by atoms with Crippen molar-refractivity contribution in [2.75, 3.05) is 7.05 Å². The lowest BCUT2D eigenvalue weighted by atomic mass is 9.78. The molecule has 1 fully saturated rings. The Balaban J connectivity index is 1.62. The molecule has 1 amide bonds. The number of unbranched alkanes of at least 4 members (excludes halogenated alkanes) is 4. The second-order valence-electron chi connectivity index (χ2n) is 11.3. The summed E-state index contributed by atoms with van der Waals surface area (Å²) in [5, 5.41) is 13.9. The average molecular weight is 464 g/mol. The van der Waals surface area contributed by atoms with Crippen molar-refractivity contribution >= 4 is 5.91 Å². The van der Waals surface area contributed by atoms with E-state index in [1.165, 1.54) is 48.3 Å².